The van der Waals surface area contributed by atoms with Crippen LogP contribution in [0.4, 0.5) is 0 Å². The van der Waals surface area contributed by atoms with Gasteiger partial charge in [-0.05, 0) is 23.8 Å². The van der Waals surface area contributed by atoms with E-state index in [9.17, 15) is 4.79 Å². The van der Waals surface area contributed by atoms with Crippen molar-refractivity contribution in [2.45, 2.75) is 6.04 Å². The highest BCUT2D eigenvalue weighted by molar-refractivity contribution is 6.35. The Kier molecular flexibility index (Phi) is 6.46. The number of ether oxygens (including phenoxy) is 1. The van der Waals surface area contributed by atoms with Crippen molar-refractivity contribution in [2.24, 2.45) is 11.0 Å². The van der Waals surface area contributed by atoms with E-state index in [0.29, 0.717) is 15.8 Å². The Balaban J connectivity index is 1.49. The number of rotatable bonds is 6. The van der Waals surface area contributed by atoms with Crippen molar-refractivity contribution >= 4 is 35.3 Å². The van der Waals surface area contributed by atoms with E-state index in [1.54, 1.807) is 24.4 Å². The normalized spacial score (nSPS) is 19.6. The lowest BCUT2D eigenvalue weighted by atomic mass is 9.96. The SMILES string of the molecule is O=C(COc1ccc(Cl)cc1Cl)N/N=C/C1CNNC1c1ccccc1. The van der Waals surface area contributed by atoms with Crippen molar-refractivity contribution in [2.75, 3.05) is 13.2 Å². The molecule has 0 aliphatic carbocycles. The van der Waals surface area contributed by atoms with E-state index >= 15 is 0 Å². The highest BCUT2D eigenvalue weighted by Gasteiger charge is 2.26. The summed E-state index contributed by atoms with van der Waals surface area (Å²) < 4.78 is 5.37. The molecule has 0 radical (unpaired) electrons. The van der Waals surface area contributed by atoms with E-state index < -0.39 is 0 Å². The molecule has 26 heavy (non-hydrogen) atoms. The van der Waals surface area contributed by atoms with Crippen LogP contribution in [-0.4, -0.2) is 25.3 Å². The molecule has 1 heterocycles. The van der Waals surface area contributed by atoms with Gasteiger partial charge in [-0.25, -0.2) is 10.9 Å². The van der Waals surface area contributed by atoms with Crippen LogP contribution in [0.3, 0.4) is 0 Å². The van der Waals surface area contributed by atoms with Crippen LogP contribution in [0.5, 0.6) is 5.75 Å². The van der Waals surface area contributed by atoms with Crippen LogP contribution in [0.2, 0.25) is 10.0 Å². The fourth-order valence-corrected chi connectivity index (χ4v) is 3.08. The Labute approximate surface area is 161 Å². The molecule has 0 aromatic heterocycles. The van der Waals surface area contributed by atoms with Gasteiger partial charge in [0, 0.05) is 23.7 Å². The van der Waals surface area contributed by atoms with Crippen LogP contribution in [0.15, 0.2) is 53.6 Å². The number of carbonyl (C=O) groups excluding carboxylic acids is 1. The molecule has 0 spiro atoms. The Hall–Kier alpha value is -2.12. The van der Waals surface area contributed by atoms with E-state index in [4.69, 9.17) is 27.9 Å². The molecule has 136 valence electrons. The van der Waals surface area contributed by atoms with Crippen molar-refractivity contribution < 1.29 is 9.53 Å². The van der Waals surface area contributed by atoms with E-state index in [2.05, 4.69) is 21.4 Å². The molecule has 1 fully saturated rings. The number of halogens is 2. The van der Waals surface area contributed by atoms with E-state index in [0.717, 1.165) is 12.1 Å². The smallest absolute Gasteiger partial charge is 0.277 e. The van der Waals surface area contributed by atoms with Crippen molar-refractivity contribution in [3.63, 3.8) is 0 Å². The molecular formula is C18H18Cl2N4O2. The molecule has 3 rings (SSSR count). The number of nitrogens with one attached hydrogen (secondary N) is 3. The Morgan fingerprint density at radius 3 is 2.85 bits per heavy atom. The Morgan fingerprint density at radius 2 is 2.08 bits per heavy atom. The summed E-state index contributed by atoms with van der Waals surface area (Å²) >= 11 is 11.8. The number of amides is 1. The maximum atomic E-state index is 11.9. The zero-order valence-corrected chi connectivity index (χ0v) is 15.3. The first-order valence-electron chi connectivity index (χ1n) is 8.06. The van der Waals surface area contributed by atoms with Gasteiger partial charge in [-0.3, -0.25) is 10.2 Å². The van der Waals surface area contributed by atoms with E-state index in [1.165, 1.54) is 0 Å². The lowest BCUT2D eigenvalue weighted by molar-refractivity contribution is -0.123. The van der Waals surface area contributed by atoms with Crippen LogP contribution < -0.4 is 21.0 Å². The molecule has 2 atom stereocenters. The zero-order chi connectivity index (χ0) is 18.4. The van der Waals surface area contributed by atoms with Gasteiger partial charge in [-0.15, -0.1) is 0 Å². The molecule has 2 unspecified atom stereocenters. The topological polar surface area (TPSA) is 74.8 Å². The summed E-state index contributed by atoms with van der Waals surface area (Å²) in [7, 11) is 0. The number of carbonyl (C=O) groups is 1. The van der Waals surface area contributed by atoms with E-state index in [-0.39, 0.29) is 24.5 Å². The monoisotopic (exact) mass is 392 g/mol. The first-order chi connectivity index (χ1) is 12.6. The minimum Gasteiger partial charge on any atom is -0.482 e. The third-order valence-corrected chi connectivity index (χ3v) is 4.42. The standard InChI is InChI=1S/C18H18Cl2N4O2/c19-14-6-7-16(15(20)8-14)26-11-17(25)23-21-9-13-10-22-24-18(13)12-4-2-1-3-5-12/h1-9,13,18,22,24H,10-11H2,(H,23,25)/b21-9+. The fraction of sp³-hybridized carbons (Fsp3) is 0.222. The second kappa shape index (κ2) is 9.00. The molecule has 0 bridgehead atoms. The minimum atomic E-state index is -0.373. The zero-order valence-electron chi connectivity index (χ0n) is 13.8. The molecule has 2 aromatic rings. The second-order valence-electron chi connectivity index (χ2n) is 5.75. The summed E-state index contributed by atoms with van der Waals surface area (Å²) in [5, 5.41) is 4.89. The molecule has 6 nitrogen and oxygen atoms in total. The average Bonchev–Trinajstić information content (AvgIpc) is 3.10. The number of hydrazine groups is 1. The molecule has 8 heteroatoms. The molecule has 1 aliphatic rings. The minimum absolute atomic E-state index is 0.0981. The summed E-state index contributed by atoms with van der Waals surface area (Å²) in [6.07, 6.45) is 1.72. The summed E-state index contributed by atoms with van der Waals surface area (Å²) in [5.74, 6) is 0.135. The highest BCUT2D eigenvalue weighted by atomic mass is 35.5. The predicted molar refractivity (Wildman–Crippen MR) is 102 cm³/mol. The largest absolute Gasteiger partial charge is 0.482 e. The Morgan fingerprint density at radius 1 is 1.27 bits per heavy atom. The van der Waals surface area contributed by atoms with Gasteiger partial charge < -0.3 is 4.74 Å². The van der Waals surface area contributed by atoms with Gasteiger partial charge in [0.1, 0.15) is 5.75 Å². The summed E-state index contributed by atoms with van der Waals surface area (Å²) in [5.41, 5.74) is 9.94. The molecule has 3 N–H and O–H groups in total. The third kappa shape index (κ3) is 4.95. The maximum Gasteiger partial charge on any atom is 0.277 e. The van der Waals surface area contributed by atoms with Crippen molar-refractivity contribution in [3.05, 3.63) is 64.1 Å². The van der Waals surface area contributed by atoms with E-state index in [1.807, 2.05) is 30.3 Å². The Bertz CT molecular complexity index is 786. The third-order valence-electron chi connectivity index (χ3n) is 3.89. The van der Waals surface area contributed by atoms with Crippen molar-refractivity contribution in [3.8, 4) is 5.75 Å². The fourth-order valence-electron chi connectivity index (χ4n) is 2.61. The lowest BCUT2D eigenvalue weighted by Gasteiger charge is -2.14. The maximum absolute atomic E-state index is 11.9. The predicted octanol–water partition coefficient (Wildman–Crippen LogP) is 2.94. The quantitative estimate of drug-likeness (QED) is 0.521. The van der Waals surface area contributed by atoms with Gasteiger partial charge in [-0.1, -0.05) is 53.5 Å². The lowest BCUT2D eigenvalue weighted by Crippen LogP contribution is -2.26. The van der Waals surface area contributed by atoms with Crippen LogP contribution in [0.25, 0.3) is 0 Å². The van der Waals surface area contributed by atoms with Crippen LogP contribution in [0, 0.1) is 5.92 Å². The first kappa shape index (κ1) is 18.7. The number of hydrogen-bond donors (Lipinski definition) is 3. The molecule has 1 saturated heterocycles. The van der Waals surface area contributed by atoms with Gasteiger partial charge in [-0.2, -0.15) is 5.10 Å². The van der Waals surface area contributed by atoms with Crippen LogP contribution >= 0.6 is 23.2 Å². The van der Waals surface area contributed by atoms with Crippen LogP contribution in [-0.2, 0) is 4.79 Å². The second-order valence-corrected chi connectivity index (χ2v) is 6.60. The van der Waals surface area contributed by atoms with Crippen molar-refractivity contribution in [1.82, 2.24) is 16.3 Å². The highest BCUT2D eigenvalue weighted by Crippen LogP contribution is 2.27. The first-order valence-corrected chi connectivity index (χ1v) is 8.82. The molecule has 1 aliphatic heterocycles. The van der Waals surface area contributed by atoms with Crippen molar-refractivity contribution in [1.29, 1.82) is 0 Å². The number of benzene rings is 2. The number of hydrogen-bond acceptors (Lipinski definition) is 5. The van der Waals surface area contributed by atoms with Gasteiger partial charge in [0.15, 0.2) is 6.61 Å². The summed E-state index contributed by atoms with van der Waals surface area (Å²) in [6.45, 7) is 0.526. The number of hydrazone groups is 1. The van der Waals surface area contributed by atoms with Crippen LogP contribution in [0.1, 0.15) is 11.6 Å². The summed E-state index contributed by atoms with van der Waals surface area (Å²) in [4.78, 5) is 11.9. The van der Waals surface area contributed by atoms with Gasteiger partial charge >= 0.3 is 0 Å². The average molecular weight is 393 g/mol. The molecule has 2 aromatic carbocycles. The molecule has 0 saturated carbocycles. The summed E-state index contributed by atoms with van der Waals surface area (Å²) in [6, 6.07) is 15.0. The molecule has 1 amide bonds. The number of nitrogens with zero attached hydrogens (tertiary/aromatic N) is 1. The van der Waals surface area contributed by atoms with Gasteiger partial charge in [0.05, 0.1) is 11.1 Å². The van der Waals surface area contributed by atoms with Gasteiger partial charge in [0.2, 0.25) is 0 Å². The molecular weight excluding hydrogens is 375 g/mol. The van der Waals surface area contributed by atoms with Gasteiger partial charge in [0.25, 0.3) is 5.91 Å².